The zero-order valence-corrected chi connectivity index (χ0v) is 14.8. The van der Waals surface area contributed by atoms with Crippen LogP contribution >= 0.6 is 0 Å². The Morgan fingerprint density at radius 1 is 1.19 bits per heavy atom. The van der Waals surface area contributed by atoms with Gasteiger partial charge in [-0.3, -0.25) is 9.59 Å². The molecule has 134 valence electrons. The number of benzene rings is 1. The van der Waals surface area contributed by atoms with Gasteiger partial charge in [-0.05, 0) is 42.8 Å². The largest absolute Gasteiger partial charge is 0.326 e. The third kappa shape index (κ3) is 3.02. The lowest BCUT2D eigenvalue weighted by atomic mass is 10.2. The van der Waals surface area contributed by atoms with Crippen LogP contribution in [0.1, 0.15) is 21.6 Å². The topological polar surface area (TPSA) is 81.7 Å². The fraction of sp³-hybridized carbons (Fsp3) is 0.200. The van der Waals surface area contributed by atoms with Gasteiger partial charge in [-0.1, -0.05) is 6.07 Å². The standard InChI is InChI=1S/C20H17N5O2/c1-14-3-2-8-23-12-17(22-19(14)23)20(27)24-9-10-25(18(26)13-24)16-6-4-15(11-21)5-7-16/h2-8,12H,9-10,13H2,1H3. The second kappa shape index (κ2) is 6.57. The quantitative estimate of drug-likeness (QED) is 0.701. The van der Waals surface area contributed by atoms with Crippen molar-refractivity contribution in [3.63, 3.8) is 0 Å². The number of anilines is 1. The van der Waals surface area contributed by atoms with E-state index in [0.29, 0.717) is 24.3 Å². The molecule has 1 fully saturated rings. The van der Waals surface area contributed by atoms with Gasteiger partial charge >= 0.3 is 0 Å². The van der Waals surface area contributed by atoms with Crippen molar-refractivity contribution >= 4 is 23.1 Å². The SMILES string of the molecule is Cc1cccn2cc(C(=O)N3CCN(c4ccc(C#N)cc4)C(=O)C3)nc12. The molecule has 7 heteroatoms. The Hall–Kier alpha value is -3.66. The number of fused-ring (bicyclic) bond motifs is 1. The first-order valence-corrected chi connectivity index (χ1v) is 8.61. The van der Waals surface area contributed by atoms with Crippen molar-refractivity contribution in [3.8, 4) is 6.07 Å². The second-order valence-corrected chi connectivity index (χ2v) is 6.48. The van der Waals surface area contributed by atoms with Gasteiger partial charge in [0.15, 0.2) is 0 Å². The van der Waals surface area contributed by atoms with Gasteiger partial charge in [-0.25, -0.2) is 4.98 Å². The summed E-state index contributed by atoms with van der Waals surface area (Å²) in [7, 11) is 0. The van der Waals surface area contributed by atoms with E-state index in [2.05, 4.69) is 11.1 Å². The summed E-state index contributed by atoms with van der Waals surface area (Å²) >= 11 is 0. The molecular weight excluding hydrogens is 342 g/mol. The van der Waals surface area contributed by atoms with Crippen LogP contribution in [-0.4, -0.2) is 45.7 Å². The average molecular weight is 359 g/mol. The number of amides is 2. The van der Waals surface area contributed by atoms with Crippen molar-refractivity contribution in [1.29, 1.82) is 5.26 Å². The summed E-state index contributed by atoms with van der Waals surface area (Å²) < 4.78 is 1.82. The number of nitriles is 1. The van der Waals surface area contributed by atoms with Gasteiger partial charge in [-0.15, -0.1) is 0 Å². The first-order chi connectivity index (χ1) is 13.1. The lowest BCUT2D eigenvalue weighted by Crippen LogP contribution is -2.52. The Balaban J connectivity index is 1.51. The van der Waals surface area contributed by atoms with Crippen LogP contribution in [0.15, 0.2) is 48.8 Å². The zero-order valence-electron chi connectivity index (χ0n) is 14.8. The third-order valence-electron chi connectivity index (χ3n) is 4.71. The summed E-state index contributed by atoms with van der Waals surface area (Å²) in [4.78, 5) is 32.9. The number of aromatic nitrogens is 2. The Labute approximate surface area is 156 Å². The molecule has 0 radical (unpaired) electrons. The molecule has 0 unspecified atom stereocenters. The van der Waals surface area contributed by atoms with Gasteiger partial charge in [-0.2, -0.15) is 5.26 Å². The molecule has 1 saturated heterocycles. The van der Waals surface area contributed by atoms with E-state index in [0.717, 1.165) is 16.9 Å². The molecule has 4 rings (SSSR count). The minimum atomic E-state index is -0.245. The Morgan fingerprint density at radius 2 is 1.96 bits per heavy atom. The molecule has 1 aromatic carbocycles. The highest BCUT2D eigenvalue weighted by Crippen LogP contribution is 2.19. The number of piperazine rings is 1. The number of pyridine rings is 1. The molecule has 2 amide bonds. The van der Waals surface area contributed by atoms with Crippen molar-refractivity contribution in [2.24, 2.45) is 0 Å². The minimum absolute atomic E-state index is 0.00564. The Bertz CT molecular complexity index is 1080. The maximum atomic E-state index is 12.8. The summed E-state index contributed by atoms with van der Waals surface area (Å²) in [5, 5.41) is 8.88. The van der Waals surface area contributed by atoms with Crippen LogP contribution < -0.4 is 4.90 Å². The molecule has 2 aromatic heterocycles. The van der Waals surface area contributed by atoms with Crippen LogP contribution in [0.2, 0.25) is 0 Å². The summed E-state index contributed by atoms with van der Waals surface area (Å²) in [6.45, 7) is 2.78. The van der Waals surface area contributed by atoms with Crippen molar-refractivity contribution < 1.29 is 9.59 Å². The molecule has 0 bridgehead atoms. The Morgan fingerprint density at radius 3 is 2.63 bits per heavy atom. The molecule has 27 heavy (non-hydrogen) atoms. The predicted octanol–water partition coefficient (Wildman–Crippen LogP) is 2.00. The van der Waals surface area contributed by atoms with Gasteiger partial charge in [0.25, 0.3) is 5.91 Å². The minimum Gasteiger partial charge on any atom is -0.326 e. The average Bonchev–Trinajstić information content (AvgIpc) is 3.13. The molecular formula is C20H17N5O2. The highest BCUT2D eigenvalue weighted by Gasteiger charge is 2.29. The maximum absolute atomic E-state index is 12.8. The van der Waals surface area contributed by atoms with Crippen molar-refractivity contribution in [2.75, 3.05) is 24.5 Å². The van der Waals surface area contributed by atoms with E-state index in [4.69, 9.17) is 5.26 Å². The maximum Gasteiger partial charge on any atom is 0.274 e. The number of carbonyl (C=O) groups is 2. The molecule has 1 aliphatic heterocycles. The van der Waals surface area contributed by atoms with Gasteiger partial charge in [0.2, 0.25) is 5.91 Å². The van der Waals surface area contributed by atoms with E-state index >= 15 is 0 Å². The predicted molar refractivity (Wildman–Crippen MR) is 99.3 cm³/mol. The molecule has 0 atom stereocenters. The number of aryl methyl sites for hydroxylation is 1. The lowest BCUT2D eigenvalue weighted by molar-refractivity contribution is -0.120. The van der Waals surface area contributed by atoms with Crippen LogP contribution in [-0.2, 0) is 4.79 Å². The van der Waals surface area contributed by atoms with Crippen molar-refractivity contribution in [3.05, 3.63) is 65.6 Å². The Kier molecular flexibility index (Phi) is 4.09. The number of hydrogen-bond donors (Lipinski definition) is 0. The van der Waals surface area contributed by atoms with E-state index in [9.17, 15) is 9.59 Å². The van der Waals surface area contributed by atoms with Crippen LogP contribution in [0.25, 0.3) is 5.65 Å². The first kappa shape index (κ1) is 16.8. The number of imidazole rings is 1. The van der Waals surface area contributed by atoms with Crippen LogP contribution in [0.4, 0.5) is 5.69 Å². The molecule has 7 nitrogen and oxygen atoms in total. The molecule has 0 aliphatic carbocycles. The zero-order chi connectivity index (χ0) is 19.0. The normalized spacial score (nSPS) is 14.4. The smallest absolute Gasteiger partial charge is 0.274 e. The van der Waals surface area contributed by atoms with E-state index in [1.54, 1.807) is 35.4 Å². The van der Waals surface area contributed by atoms with Crippen LogP contribution in [0, 0.1) is 18.3 Å². The molecule has 3 heterocycles. The van der Waals surface area contributed by atoms with Crippen LogP contribution in [0.3, 0.4) is 0 Å². The van der Waals surface area contributed by atoms with Gasteiger partial charge in [0, 0.05) is 31.2 Å². The van der Waals surface area contributed by atoms with Crippen LogP contribution in [0.5, 0.6) is 0 Å². The number of nitrogens with zero attached hydrogens (tertiary/aromatic N) is 5. The van der Waals surface area contributed by atoms with E-state index in [1.807, 2.05) is 29.7 Å². The summed E-state index contributed by atoms with van der Waals surface area (Å²) in [6, 6.07) is 12.8. The van der Waals surface area contributed by atoms with Gasteiger partial charge in [0.1, 0.15) is 17.9 Å². The molecule has 0 N–H and O–H groups in total. The van der Waals surface area contributed by atoms with Crippen molar-refractivity contribution in [2.45, 2.75) is 6.92 Å². The summed E-state index contributed by atoms with van der Waals surface area (Å²) in [6.07, 6.45) is 3.54. The van der Waals surface area contributed by atoms with Gasteiger partial charge < -0.3 is 14.2 Å². The highest BCUT2D eigenvalue weighted by molar-refractivity contribution is 6.01. The molecule has 0 spiro atoms. The third-order valence-corrected chi connectivity index (χ3v) is 4.71. The van der Waals surface area contributed by atoms with E-state index in [1.165, 1.54) is 4.90 Å². The first-order valence-electron chi connectivity index (χ1n) is 8.61. The lowest BCUT2D eigenvalue weighted by Gasteiger charge is -2.34. The highest BCUT2D eigenvalue weighted by atomic mass is 16.2. The monoisotopic (exact) mass is 359 g/mol. The summed E-state index contributed by atoms with van der Waals surface area (Å²) in [5.41, 5.74) is 3.34. The fourth-order valence-electron chi connectivity index (χ4n) is 3.25. The fourth-order valence-corrected chi connectivity index (χ4v) is 3.25. The second-order valence-electron chi connectivity index (χ2n) is 6.48. The number of carbonyl (C=O) groups excluding carboxylic acids is 2. The number of rotatable bonds is 2. The van der Waals surface area contributed by atoms with E-state index in [-0.39, 0.29) is 18.4 Å². The molecule has 0 saturated carbocycles. The van der Waals surface area contributed by atoms with Crippen molar-refractivity contribution in [1.82, 2.24) is 14.3 Å². The summed E-state index contributed by atoms with van der Waals surface area (Å²) in [5.74, 6) is -0.398. The number of hydrogen-bond acceptors (Lipinski definition) is 4. The molecule has 3 aromatic rings. The van der Waals surface area contributed by atoms with Gasteiger partial charge in [0.05, 0.1) is 11.6 Å². The van der Waals surface area contributed by atoms with E-state index < -0.39 is 0 Å². The molecule has 1 aliphatic rings.